The van der Waals surface area contributed by atoms with Gasteiger partial charge in [-0.1, -0.05) is 29.8 Å². The fourth-order valence-electron chi connectivity index (χ4n) is 1.74. The van der Waals surface area contributed by atoms with Crippen LogP contribution in [0.3, 0.4) is 0 Å². The van der Waals surface area contributed by atoms with Gasteiger partial charge in [0.2, 0.25) is 0 Å². The summed E-state index contributed by atoms with van der Waals surface area (Å²) in [5.41, 5.74) is 2.58. The minimum atomic E-state index is -0.703. The van der Waals surface area contributed by atoms with Crippen LogP contribution in [0.5, 0.6) is 0 Å². The third kappa shape index (κ3) is 7.30. The predicted molar refractivity (Wildman–Crippen MR) is 76.2 cm³/mol. The molecule has 0 aromatic heterocycles. The number of benzene rings is 1. The molecule has 0 aliphatic heterocycles. The van der Waals surface area contributed by atoms with E-state index in [0.29, 0.717) is 0 Å². The van der Waals surface area contributed by atoms with Gasteiger partial charge in [-0.2, -0.15) is 0 Å². The lowest BCUT2D eigenvalue weighted by Gasteiger charge is -2.16. The van der Waals surface area contributed by atoms with Crippen molar-refractivity contribution in [2.24, 2.45) is 0 Å². The van der Waals surface area contributed by atoms with Gasteiger partial charge < -0.3 is 10.0 Å². The van der Waals surface area contributed by atoms with Gasteiger partial charge in [-0.25, -0.2) is 0 Å². The largest absolute Gasteiger partial charge is 0.481 e. The van der Waals surface area contributed by atoms with Gasteiger partial charge in [0.25, 0.3) is 0 Å². The highest BCUT2D eigenvalue weighted by atomic mass is 35.5. The zero-order valence-electron chi connectivity index (χ0n) is 11.1. The summed E-state index contributed by atoms with van der Waals surface area (Å²) in [5.74, 6) is -0.703. The van der Waals surface area contributed by atoms with Crippen molar-refractivity contribution in [2.75, 3.05) is 13.6 Å². The average Bonchev–Trinajstić information content (AvgIpc) is 2.27. The molecule has 0 saturated heterocycles. The highest BCUT2D eigenvalue weighted by Gasteiger charge is 2.01. The SMILES string of the molecule is Cc1ccc(CN(C)CCCCC(=O)O)cc1.Cl. The molecule has 3 nitrogen and oxygen atoms in total. The second-order valence-corrected chi connectivity index (χ2v) is 4.57. The Kier molecular flexibility index (Phi) is 8.42. The van der Waals surface area contributed by atoms with Crippen LogP contribution < -0.4 is 0 Å². The third-order valence-corrected chi connectivity index (χ3v) is 2.75. The maximum atomic E-state index is 10.4. The highest BCUT2D eigenvalue weighted by molar-refractivity contribution is 5.85. The minimum Gasteiger partial charge on any atom is -0.481 e. The number of nitrogens with zero attached hydrogens (tertiary/aromatic N) is 1. The van der Waals surface area contributed by atoms with Crippen molar-refractivity contribution in [2.45, 2.75) is 32.7 Å². The predicted octanol–water partition coefficient (Wildman–Crippen LogP) is 3.10. The summed E-state index contributed by atoms with van der Waals surface area (Å²) < 4.78 is 0. The molecule has 1 N–H and O–H groups in total. The van der Waals surface area contributed by atoms with Crippen LogP contribution in [-0.2, 0) is 11.3 Å². The summed E-state index contributed by atoms with van der Waals surface area (Å²) in [7, 11) is 2.07. The van der Waals surface area contributed by atoms with E-state index in [1.54, 1.807) is 0 Å². The first-order chi connectivity index (χ1) is 8.08. The quantitative estimate of drug-likeness (QED) is 0.775. The molecule has 4 heteroatoms. The second kappa shape index (κ2) is 8.95. The summed E-state index contributed by atoms with van der Waals surface area (Å²) in [6.45, 7) is 3.95. The summed E-state index contributed by atoms with van der Waals surface area (Å²) in [5, 5.41) is 8.53. The highest BCUT2D eigenvalue weighted by Crippen LogP contribution is 2.07. The van der Waals surface area contributed by atoms with Gasteiger partial charge >= 0.3 is 5.97 Å². The number of carboxylic acids is 1. The van der Waals surface area contributed by atoms with Crippen molar-refractivity contribution >= 4 is 18.4 Å². The molecule has 0 spiro atoms. The molecule has 0 saturated carbocycles. The van der Waals surface area contributed by atoms with Crippen LogP contribution >= 0.6 is 12.4 Å². The molecule has 1 aromatic carbocycles. The molecule has 102 valence electrons. The van der Waals surface area contributed by atoms with Crippen molar-refractivity contribution < 1.29 is 9.90 Å². The van der Waals surface area contributed by atoms with Crippen molar-refractivity contribution in [1.82, 2.24) is 4.90 Å². The van der Waals surface area contributed by atoms with Gasteiger partial charge in [-0.15, -0.1) is 12.4 Å². The molecule has 18 heavy (non-hydrogen) atoms. The Morgan fingerprint density at radius 3 is 2.39 bits per heavy atom. The van der Waals surface area contributed by atoms with E-state index >= 15 is 0 Å². The van der Waals surface area contributed by atoms with Gasteiger partial charge in [0, 0.05) is 13.0 Å². The van der Waals surface area contributed by atoms with Crippen molar-refractivity contribution in [3.8, 4) is 0 Å². The molecule has 0 aliphatic carbocycles. The van der Waals surface area contributed by atoms with Crippen LogP contribution in [0, 0.1) is 6.92 Å². The van der Waals surface area contributed by atoms with Crippen LogP contribution in [0.2, 0.25) is 0 Å². The molecular formula is C14H22ClNO2. The van der Waals surface area contributed by atoms with Crippen molar-refractivity contribution in [3.63, 3.8) is 0 Å². The van der Waals surface area contributed by atoms with E-state index in [9.17, 15) is 4.79 Å². The Bertz CT molecular complexity index is 351. The molecular weight excluding hydrogens is 250 g/mol. The first-order valence-electron chi connectivity index (χ1n) is 6.04. The molecule has 0 fully saturated rings. The topological polar surface area (TPSA) is 40.5 Å². The summed E-state index contributed by atoms with van der Waals surface area (Å²) in [6, 6.07) is 8.52. The molecule has 0 bridgehead atoms. The Hall–Kier alpha value is -1.06. The number of carboxylic acid groups (broad SMARTS) is 1. The minimum absolute atomic E-state index is 0. The lowest BCUT2D eigenvalue weighted by Crippen LogP contribution is -2.19. The van der Waals surface area contributed by atoms with Crippen LogP contribution in [0.1, 0.15) is 30.4 Å². The van der Waals surface area contributed by atoms with E-state index in [0.717, 1.165) is 25.9 Å². The maximum Gasteiger partial charge on any atom is 0.303 e. The molecule has 1 rings (SSSR count). The number of hydrogen-bond acceptors (Lipinski definition) is 2. The van der Waals surface area contributed by atoms with E-state index in [4.69, 9.17) is 5.11 Å². The second-order valence-electron chi connectivity index (χ2n) is 4.57. The molecule has 0 heterocycles. The number of hydrogen-bond donors (Lipinski definition) is 1. The standard InChI is InChI=1S/C14H21NO2.ClH/c1-12-6-8-13(9-7-12)11-15(2)10-4-3-5-14(16)17;/h6-9H,3-5,10-11H2,1-2H3,(H,16,17);1H. The number of aliphatic carboxylic acids is 1. The fraction of sp³-hybridized carbons (Fsp3) is 0.500. The summed E-state index contributed by atoms with van der Waals surface area (Å²) in [4.78, 5) is 12.6. The van der Waals surface area contributed by atoms with Crippen LogP contribution in [0.25, 0.3) is 0 Å². The third-order valence-electron chi connectivity index (χ3n) is 2.75. The van der Waals surface area contributed by atoms with Gasteiger partial charge in [0.15, 0.2) is 0 Å². The number of rotatable bonds is 7. The van der Waals surface area contributed by atoms with Gasteiger partial charge in [-0.05, 0) is 38.9 Å². The Morgan fingerprint density at radius 2 is 1.83 bits per heavy atom. The van der Waals surface area contributed by atoms with E-state index in [1.165, 1.54) is 11.1 Å². The monoisotopic (exact) mass is 271 g/mol. The first-order valence-corrected chi connectivity index (χ1v) is 6.04. The normalized spacial score (nSPS) is 10.2. The average molecular weight is 272 g/mol. The zero-order chi connectivity index (χ0) is 12.7. The fourth-order valence-corrected chi connectivity index (χ4v) is 1.74. The zero-order valence-corrected chi connectivity index (χ0v) is 11.9. The van der Waals surface area contributed by atoms with E-state index in [1.807, 2.05) is 0 Å². The Morgan fingerprint density at radius 1 is 1.22 bits per heavy atom. The Labute approximate surface area is 115 Å². The van der Waals surface area contributed by atoms with Crippen LogP contribution in [-0.4, -0.2) is 29.6 Å². The van der Waals surface area contributed by atoms with Crippen LogP contribution in [0.15, 0.2) is 24.3 Å². The summed E-state index contributed by atoms with van der Waals surface area (Å²) in [6.07, 6.45) is 1.97. The number of halogens is 1. The molecule has 0 amide bonds. The number of aryl methyl sites for hydroxylation is 1. The van der Waals surface area contributed by atoms with E-state index in [2.05, 4.69) is 43.1 Å². The molecule has 1 aromatic rings. The van der Waals surface area contributed by atoms with Crippen molar-refractivity contribution in [3.05, 3.63) is 35.4 Å². The van der Waals surface area contributed by atoms with Gasteiger partial charge in [-0.3, -0.25) is 4.79 Å². The Balaban J connectivity index is 0.00000289. The first kappa shape index (κ1) is 16.9. The maximum absolute atomic E-state index is 10.4. The van der Waals surface area contributed by atoms with Crippen molar-refractivity contribution in [1.29, 1.82) is 0 Å². The van der Waals surface area contributed by atoms with Crippen LogP contribution in [0.4, 0.5) is 0 Å². The van der Waals surface area contributed by atoms with E-state index in [-0.39, 0.29) is 18.8 Å². The molecule has 0 atom stereocenters. The van der Waals surface area contributed by atoms with Gasteiger partial charge in [0.1, 0.15) is 0 Å². The summed E-state index contributed by atoms with van der Waals surface area (Å²) >= 11 is 0. The molecule has 0 radical (unpaired) electrons. The lowest BCUT2D eigenvalue weighted by atomic mass is 10.1. The van der Waals surface area contributed by atoms with E-state index < -0.39 is 5.97 Å². The number of carbonyl (C=O) groups is 1. The molecule has 0 unspecified atom stereocenters. The number of unbranched alkanes of at least 4 members (excludes halogenated alkanes) is 1. The molecule has 0 aliphatic rings. The lowest BCUT2D eigenvalue weighted by molar-refractivity contribution is -0.137. The smallest absolute Gasteiger partial charge is 0.303 e. The van der Waals surface area contributed by atoms with Gasteiger partial charge in [0.05, 0.1) is 0 Å².